The predicted molar refractivity (Wildman–Crippen MR) is 72.9 cm³/mol. The molecule has 0 unspecified atom stereocenters. The Morgan fingerprint density at radius 3 is 2.58 bits per heavy atom. The largest absolute Gasteiger partial charge is 0.508 e. The van der Waals surface area contributed by atoms with Crippen LogP contribution in [0.2, 0.25) is 0 Å². The molecule has 104 valence electrons. The zero-order valence-corrected chi connectivity index (χ0v) is 11.1. The number of carbonyl (C=O) groups is 1. The number of nitrogens with zero attached hydrogens (tertiary/aromatic N) is 1. The summed E-state index contributed by atoms with van der Waals surface area (Å²) >= 11 is 0. The Labute approximate surface area is 113 Å². The van der Waals surface area contributed by atoms with Gasteiger partial charge < -0.3 is 15.1 Å². The summed E-state index contributed by atoms with van der Waals surface area (Å²) in [5, 5.41) is 18.8. The molecule has 1 aromatic carbocycles. The Balaban J connectivity index is 2.05. The van der Waals surface area contributed by atoms with Crippen LogP contribution in [0, 0.1) is 0 Å². The molecule has 0 spiro atoms. The lowest BCUT2D eigenvalue weighted by Crippen LogP contribution is -2.41. The lowest BCUT2D eigenvalue weighted by atomic mass is 10.1. The van der Waals surface area contributed by atoms with Crippen LogP contribution in [0.5, 0.6) is 5.75 Å². The van der Waals surface area contributed by atoms with Crippen LogP contribution < -0.4 is 0 Å². The Bertz CT molecular complexity index is 427. The highest BCUT2D eigenvalue weighted by Gasteiger charge is 2.26. The summed E-state index contributed by atoms with van der Waals surface area (Å²) in [6.45, 7) is 0.375. The molecule has 0 aliphatic heterocycles. The van der Waals surface area contributed by atoms with E-state index in [-0.39, 0.29) is 30.7 Å². The SMILES string of the molecule is O=C(Cc1ccccc1O)N(CCO)C1CCCC1. The van der Waals surface area contributed by atoms with Gasteiger partial charge in [0, 0.05) is 18.2 Å². The second-order valence-electron chi connectivity index (χ2n) is 5.05. The molecule has 1 aliphatic carbocycles. The standard InChI is InChI=1S/C15H21NO3/c17-10-9-16(13-6-2-3-7-13)15(19)11-12-5-1-4-8-14(12)18/h1,4-5,8,13,17-18H,2-3,6-7,9-11H2. The fourth-order valence-electron chi connectivity index (χ4n) is 2.76. The van der Waals surface area contributed by atoms with Crippen molar-refractivity contribution in [2.75, 3.05) is 13.2 Å². The lowest BCUT2D eigenvalue weighted by Gasteiger charge is -2.28. The Morgan fingerprint density at radius 2 is 1.95 bits per heavy atom. The maximum atomic E-state index is 12.3. The van der Waals surface area contributed by atoms with Gasteiger partial charge in [-0.05, 0) is 18.9 Å². The zero-order valence-electron chi connectivity index (χ0n) is 11.1. The van der Waals surface area contributed by atoms with Gasteiger partial charge in [0.2, 0.25) is 5.91 Å². The molecule has 2 N–H and O–H groups in total. The molecular formula is C15H21NO3. The molecule has 0 saturated heterocycles. The van der Waals surface area contributed by atoms with Crippen LogP contribution in [-0.2, 0) is 11.2 Å². The van der Waals surface area contributed by atoms with E-state index in [0.29, 0.717) is 12.1 Å². The maximum Gasteiger partial charge on any atom is 0.227 e. The van der Waals surface area contributed by atoms with E-state index in [9.17, 15) is 9.90 Å². The Hall–Kier alpha value is -1.55. The van der Waals surface area contributed by atoms with Crippen molar-refractivity contribution in [2.24, 2.45) is 0 Å². The summed E-state index contributed by atoms with van der Waals surface area (Å²) < 4.78 is 0. The number of aromatic hydroxyl groups is 1. The molecule has 4 nitrogen and oxygen atoms in total. The van der Waals surface area contributed by atoms with Crippen molar-refractivity contribution in [1.82, 2.24) is 4.90 Å². The van der Waals surface area contributed by atoms with E-state index in [1.54, 1.807) is 23.1 Å². The van der Waals surface area contributed by atoms with E-state index in [1.165, 1.54) is 0 Å². The van der Waals surface area contributed by atoms with Gasteiger partial charge in [0.15, 0.2) is 0 Å². The molecule has 1 fully saturated rings. The van der Waals surface area contributed by atoms with Crippen molar-refractivity contribution in [3.63, 3.8) is 0 Å². The van der Waals surface area contributed by atoms with Gasteiger partial charge in [-0.3, -0.25) is 4.79 Å². The second-order valence-corrected chi connectivity index (χ2v) is 5.05. The highest BCUT2D eigenvalue weighted by molar-refractivity contribution is 5.79. The van der Waals surface area contributed by atoms with Crippen molar-refractivity contribution >= 4 is 5.91 Å². The summed E-state index contributed by atoms with van der Waals surface area (Å²) in [5.74, 6) is 0.147. The van der Waals surface area contributed by atoms with Crippen molar-refractivity contribution in [3.05, 3.63) is 29.8 Å². The fraction of sp³-hybridized carbons (Fsp3) is 0.533. The normalized spacial score (nSPS) is 15.6. The van der Waals surface area contributed by atoms with Crippen LogP contribution in [-0.4, -0.2) is 40.2 Å². The average molecular weight is 263 g/mol. The molecule has 1 amide bonds. The molecule has 0 heterocycles. The first-order valence-corrected chi connectivity index (χ1v) is 6.89. The molecule has 2 rings (SSSR count). The molecule has 1 saturated carbocycles. The number of phenols is 1. The van der Waals surface area contributed by atoms with Crippen molar-refractivity contribution in [3.8, 4) is 5.75 Å². The molecule has 19 heavy (non-hydrogen) atoms. The van der Waals surface area contributed by atoms with Gasteiger partial charge in [0.05, 0.1) is 13.0 Å². The van der Waals surface area contributed by atoms with Crippen molar-refractivity contribution in [1.29, 1.82) is 0 Å². The van der Waals surface area contributed by atoms with Crippen LogP contribution in [0.15, 0.2) is 24.3 Å². The molecule has 0 bridgehead atoms. The van der Waals surface area contributed by atoms with E-state index < -0.39 is 0 Å². The molecule has 4 heteroatoms. The number of phenolic OH excluding ortho intramolecular Hbond substituents is 1. The Morgan fingerprint density at radius 1 is 1.26 bits per heavy atom. The number of aliphatic hydroxyl groups excluding tert-OH is 1. The molecule has 0 radical (unpaired) electrons. The summed E-state index contributed by atoms with van der Waals surface area (Å²) in [7, 11) is 0. The van der Waals surface area contributed by atoms with Gasteiger partial charge >= 0.3 is 0 Å². The third kappa shape index (κ3) is 3.47. The van der Waals surface area contributed by atoms with Crippen LogP contribution in [0.1, 0.15) is 31.2 Å². The average Bonchev–Trinajstić information content (AvgIpc) is 2.92. The minimum Gasteiger partial charge on any atom is -0.508 e. The number of hydrogen-bond donors (Lipinski definition) is 2. The number of amides is 1. The van der Waals surface area contributed by atoms with E-state index in [0.717, 1.165) is 25.7 Å². The summed E-state index contributed by atoms with van der Waals surface area (Å²) in [5.41, 5.74) is 0.647. The number of rotatable bonds is 5. The number of para-hydroxylation sites is 1. The highest BCUT2D eigenvalue weighted by atomic mass is 16.3. The zero-order chi connectivity index (χ0) is 13.7. The quantitative estimate of drug-likeness (QED) is 0.850. The smallest absolute Gasteiger partial charge is 0.227 e. The predicted octanol–water partition coefficient (Wildman–Crippen LogP) is 1.70. The van der Waals surface area contributed by atoms with Crippen molar-refractivity contribution in [2.45, 2.75) is 38.1 Å². The molecule has 1 aliphatic rings. The third-order valence-electron chi connectivity index (χ3n) is 3.76. The molecule has 0 aromatic heterocycles. The fourth-order valence-corrected chi connectivity index (χ4v) is 2.76. The van der Waals surface area contributed by atoms with Crippen LogP contribution >= 0.6 is 0 Å². The topological polar surface area (TPSA) is 60.8 Å². The van der Waals surface area contributed by atoms with E-state index in [2.05, 4.69) is 0 Å². The number of benzene rings is 1. The summed E-state index contributed by atoms with van der Waals surface area (Å²) in [6, 6.07) is 7.17. The van der Waals surface area contributed by atoms with E-state index >= 15 is 0 Å². The lowest BCUT2D eigenvalue weighted by molar-refractivity contribution is -0.133. The first-order valence-electron chi connectivity index (χ1n) is 6.89. The summed E-state index contributed by atoms with van der Waals surface area (Å²) in [4.78, 5) is 14.1. The van der Waals surface area contributed by atoms with Crippen LogP contribution in [0.4, 0.5) is 0 Å². The molecule has 0 atom stereocenters. The first-order chi connectivity index (χ1) is 9.22. The maximum absolute atomic E-state index is 12.3. The minimum atomic E-state index is -0.0116. The van der Waals surface area contributed by atoms with Gasteiger partial charge in [-0.2, -0.15) is 0 Å². The van der Waals surface area contributed by atoms with Crippen LogP contribution in [0.25, 0.3) is 0 Å². The monoisotopic (exact) mass is 263 g/mol. The number of hydrogen-bond acceptors (Lipinski definition) is 3. The highest BCUT2D eigenvalue weighted by Crippen LogP contribution is 2.25. The number of aliphatic hydroxyl groups is 1. The van der Waals surface area contributed by atoms with Gasteiger partial charge in [-0.25, -0.2) is 0 Å². The molecule has 1 aromatic rings. The third-order valence-corrected chi connectivity index (χ3v) is 3.76. The summed E-state index contributed by atoms with van der Waals surface area (Å²) in [6.07, 6.45) is 4.54. The van der Waals surface area contributed by atoms with Crippen molar-refractivity contribution < 1.29 is 15.0 Å². The van der Waals surface area contributed by atoms with E-state index in [1.807, 2.05) is 6.07 Å². The minimum absolute atomic E-state index is 0.0109. The van der Waals surface area contributed by atoms with Crippen LogP contribution in [0.3, 0.4) is 0 Å². The number of carbonyl (C=O) groups excluding carboxylic acids is 1. The van der Waals surface area contributed by atoms with Gasteiger partial charge in [-0.1, -0.05) is 31.0 Å². The second kappa shape index (κ2) is 6.57. The first kappa shape index (κ1) is 13.9. The van der Waals surface area contributed by atoms with Gasteiger partial charge in [0.25, 0.3) is 0 Å². The van der Waals surface area contributed by atoms with Gasteiger partial charge in [-0.15, -0.1) is 0 Å². The van der Waals surface area contributed by atoms with Gasteiger partial charge in [0.1, 0.15) is 5.75 Å². The Kier molecular flexibility index (Phi) is 4.80. The molecular weight excluding hydrogens is 242 g/mol. The van der Waals surface area contributed by atoms with E-state index in [4.69, 9.17) is 5.11 Å².